The van der Waals surface area contributed by atoms with E-state index >= 15 is 0 Å². The number of nitrogens with zero attached hydrogens (tertiary/aromatic N) is 6. The number of aromatic nitrogens is 4. The van der Waals surface area contributed by atoms with Crippen molar-refractivity contribution in [2.75, 3.05) is 25.4 Å². The second-order valence-corrected chi connectivity index (χ2v) is 8.90. The smallest absolute Gasteiger partial charge is 0.212 e. The highest BCUT2D eigenvalue weighted by Crippen LogP contribution is 2.48. The van der Waals surface area contributed by atoms with Gasteiger partial charge >= 0.3 is 0 Å². The third-order valence-electron chi connectivity index (χ3n) is 6.23. The van der Waals surface area contributed by atoms with Gasteiger partial charge in [-0.05, 0) is 40.7 Å². The molecule has 0 saturated carbocycles. The molecule has 1 fully saturated rings. The first-order valence-corrected chi connectivity index (χ1v) is 11.2. The molecule has 1 aliphatic heterocycles. The first kappa shape index (κ1) is 22.3. The van der Waals surface area contributed by atoms with Gasteiger partial charge in [0.2, 0.25) is 5.69 Å². The van der Waals surface area contributed by atoms with E-state index in [1.54, 1.807) is 0 Å². The minimum atomic E-state index is -0.237. The molecule has 32 heavy (non-hydrogen) atoms. The van der Waals surface area contributed by atoms with Crippen LogP contribution in [-0.2, 0) is 0 Å². The number of nitrogens with two attached hydrogens (primary N) is 1. The molecule has 0 aliphatic carbocycles. The molecule has 3 aromatic rings. The predicted molar refractivity (Wildman–Crippen MR) is 127 cm³/mol. The van der Waals surface area contributed by atoms with E-state index in [0.29, 0.717) is 34.8 Å². The average molecular weight is 454 g/mol. The number of halogens is 1. The zero-order valence-corrected chi connectivity index (χ0v) is 19.8. The molecule has 8 nitrogen and oxygen atoms in total. The number of benzene rings is 1. The van der Waals surface area contributed by atoms with Crippen molar-refractivity contribution in [1.82, 2.24) is 24.6 Å². The summed E-state index contributed by atoms with van der Waals surface area (Å²) in [7, 11) is 0. The van der Waals surface area contributed by atoms with Crippen LogP contribution in [0.25, 0.3) is 15.9 Å². The number of hydrogen-bond donors (Lipinski definition) is 1. The number of fused-ring (bicyclic) bond motifs is 1. The number of anilines is 1. The van der Waals surface area contributed by atoms with Crippen LogP contribution in [0.3, 0.4) is 0 Å². The molecule has 2 N–H and O–H groups in total. The lowest BCUT2D eigenvalue weighted by Gasteiger charge is -2.43. The Labute approximate surface area is 193 Å². The van der Waals surface area contributed by atoms with Crippen molar-refractivity contribution in [2.24, 2.45) is 0 Å². The van der Waals surface area contributed by atoms with Crippen LogP contribution >= 0.6 is 11.6 Å². The Morgan fingerprint density at radius 1 is 1.31 bits per heavy atom. The molecule has 1 atom stereocenters. The molecule has 1 aromatic carbocycles. The monoisotopic (exact) mass is 453 g/mol. The lowest BCUT2D eigenvalue weighted by atomic mass is 9.86. The molecule has 168 valence electrons. The minimum absolute atomic E-state index is 0.196. The second-order valence-electron chi connectivity index (χ2n) is 8.49. The SMILES string of the molecule is [C-]#[N+]c1c(Cl)cc(C(C)n2nc(C)c3c(N)ncnc32)c(OCC)c1C1CN(C(C)C)C1. The Morgan fingerprint density at radius 2 is 2.03 bits per heavy atom. The molecule has 3 heterocycles. The summed E-state index contributed by atoms with van der Waals surface area (Å²) in [5.74, 6) is 1.33. The van der Waals surface area contributed by atoms with E-state index in [0.717, 1.165) is 41.0 Å². The van der Waals surface area contributed by atoms with Crippen LogP contribution in [-0.4, -0.2) is 50.4 Å². The van der Waals surface area contributed by atoms with Crippen LogP contribution in [0.4, 0.5) is 11.5 Å². The molecular formula is C23H28ClN7O. The van der Waals surface area contributed by atoms with Gasteiger partial charge in [0.25, 0.3) is 0 Å². The van der Waals surface area contributed by atoms with E-state index in [-0.39, 0.29) is 12.0 Å². The fraction of sp³-hybridized carbons (Fsp3) is 0.478. The lowest BCUT2D eigenvalue weighted by Crippen LogP contribution is -2.48. The van der Waals surface area contributed by atoms with Crippen LogP contribution < -0.4 is 10.5 Å². The average Bonchev–Trinajstić information content (AvgIpc) is 3.05. The highest BCUT2D eigenvalue weighted by Gasteiger charge is 2.36. The minimum Gasteiger partial charge on any atom is -0.495 e. The van der Waals surface area contributed by atoms with Crippen LogP contribution in [0, 0.1) is 13.5 Å². The Morgan fingerprint density at radius 3 is 2.66 bits per heavy atom. The van der Waals surface area contributed by atoms with Crippen molar-refractivity contribution in [2.45, 2.75) is 52.6 Å². The van der Waals surface area contributed by atoms with Crippen molar-refractivity contribution in [1.29, 1.82) is 0 Å². The molecule has 2 aromatic heterocycles. The molecule has 1 aliphatic rings. The van der Waals surface area contributed by atoms with Crippen LogP contribution in [0.1, 0.15) is 56.5 Å². The summed E-state index contributed by atoms with van der Waals surface area (Å²) in [5, 5.41) is 5.89. The summed E-state index contributed by atoms with van der Waals surface area (Å²) < 4.78 is 8.02. The Hall–Kier alpha value is -2.89. The van der Waals surface area contributed by atoms with Gasteiger partial charge in [-0.25, -0.2) is 19.5 Å². The van der Waals surface area contributed by atoms with Gasteiger partial charge in [0.1, 0.15) is 17.9 Å². The quantitative estimate of drug-likeness (QED) is 0.542. The molecule has 9 heteroatoms. The summed E-state index contributed by atoms with van der Waals surface area (Å²) >= 11 is 6.65. The maximum absolute atomic E-state index is 7.78. The summed E-state index contributed by atoms with van der Waals surface area (Å²) in [6.45, 7) is 20.3. The molecular weight excluding hydrogens is 426 g/mol. The highest BCUT2D eigenvalue weighted by molar-refractivity contribution is 6.33. The van der Waals surface area contributed by atoms with Gasteiger partial charge < -0.3 is 10.5 Å². The highest BCUT2D eigenvalue weighted by atomic mass is 35.5. The van der Waals surface area contributed by atoms with E-state index in [1.807, 2.05) is 31.5 Å². The third kappa shape index (κ3) is 3.55. The largest absolute Gasteiger partial charge is 0.495 e. The molecule has 0 bridgehead atoms. The Bertz CT molecular complexity index is 1210. The van der Waals surface area contributed by atoms with Gasteiger partial charge in [-0.1, -0.05) is 11.6 Å². The molecule has 0 spiro atoms. The van der Waals surface area contributed by atoms with Crippen molar-refractivity contribution < 1.29 is 4.74 Å². The van der Waals surface area contributed by atoms with Gasteiger partial charge in [0.15, 0.2) is 5.65 Å². The third-order valence-corrected chi connectivity index (χ3v) is 6.52. The zero-order valence-electron chi connectivity index (χ0n) is 19.1. The summed E-state index contributed by atoms with van der Waals surface area (Å²) in [6.07, 6.45) is 1.45. The predicted octanol–water partition coefficient (Wildman–Crippen LogP) is 4.74. The molecule has 0 amide bonds. The summed E-state index contributed by atoms with van der Waals surface area (Å²) in [5.41, 5.74) is 9.77. The van der Waals surface area contributed by atoms with E-state index in [1.165, 1.54) is 6.33 Å². The topological polar surface area (TPSA) is 86.5 Å². The summed E-state index contributed by atoms with van der Waals surface area (Å²) in [4.78, 5) is 14.7. The Kier molecular flexibility index (Phi) is 5.97. The van der Waals surface area contributed by atoms with E-state index in [9.17, 15) is 0 Å². The van der Waals surface area contributed by atoms with Crippen molar-refractivity contribution >= 4 is 34.1 Å². The number of likely N-dealkylation sites (tertiary alicyclic amines) is 1. The Balaban J connectivity index is 1.88. The second kappa shape index (κ2) is 8.57. The van der Waals surface area contributed by atoms with E-state index in [2.05, 4.69) is 33.6 Å². The van der Waals surface area contributed by atoms with Crippen molar-refractivity contribution in [3.05, 3.63) is 45.7 Å². The maximum atomic E-state index is 7.78. The fourth-order valence-electron chi connectivity index (χ4n) is 4.46. The van der Waals surface area contributed by atoms with Crippen molar-refractivity contribution in [3.63, 3.8) is 0 Å². The number of ether oxygens (including phenoxy) is 1. The summed E-state index contributed by atoms with van der Waals surface area (Å²) in [6, 6.07) is 2.05. The number of nitrogen functional groups attached to an aromatic ring is 1. The fourth-order valence-corrected chi connectivity index (χ4v) is 4.72. The van der Waals surface area contributed by atoms with Crippen LogP contribution in [0.5, 0.6) is 5.75 Å². The molecule has 0 radical (unpaired) electrons. The number of hydrogen-bond acceptors (Lipinski definition) is 6. The van der Waals surface area contributed by atoms with E-state index in [4.69, 9.17) is 33.7 Å². The standard InChI is InChI=1S/C23H28ClN7O/c1-7-32-21-16(14(5)31-23-18(13(4)29-31)22(25)27-11-28-23)8-17(24)20(26-6)19(21)15-9-30(10-15)12(2)3/h8,11-12,14-15H,7,9-10H2,1-5H3,(H2,25,27,28). The normalized spacial score (nSPS) is 15.7. The lowest BCUT2D eigenvalue weighted by molar-refractivity contribution is 0.108. The van der Waals surface area contributed by atoms with Gasteiger partial charge in [-0.15, -0.1) is 0 Å². The van der Waals surface area contributed by atoms with E-state index < -0.39 is 0 Å². The van der Waals surface area contributed by atoms with Crippen LogP contribution in [0.2, 0.25) is 5.02 Å². The molecule has 1 saturated heterocycles. The maximum Gasteiger partial charge on any atom is 0.212 e. The molecule has 4 rings (SSSR count). The van der Waals surface area contributed by atoms with Gasteiger partial charge in [-0.3, -0.25) is 4.90 Å². The number of aryl methyl sites for hydroxylation is 1. The van der Waals surface area contributed by atoms with Gasteiger partial charge in [0.05, 0.1) is 30.3 Å². The van der Waals surface area contributed by atoms with Crippen molar-refractivity contribution in [3.8, 4) is 5.75 Å². The van der Waals surface area contributed by atoms with Gasteiger partial charge in [0, 0.05) is 41.2 Å². The number of rotatable bonds is 6. The van der Waals surface area contributed by atoms with Gasteiger partial charge in [-0.2, -0.15) is 5.10 Å². The van der Waals surface area contributed by atoms with Crippen LogP contribution in [0.15, 0.2) is 12.4 Å². The first-order valence-electron chi connectivity index (χ1n) is 10.8. The molecule has 1 unspecified atom stereocenters. The first-order chi connectivity index (χ1) is 15.3. The zero-order chi connectivity index (χ0) is 23.2.